The molecule has 17 heavy (non-hydrogen) atoms. The van der Waals surface area contributed by atoms with Gasteiger partial charge in [0.15, 0.2) is 6.29 Å². The molecular formula is C15H13ClO. The van der Waals surface area contributed by atoms with E-state index in [2.05, 4.69) is 19.1 Å². The number of hydrogen-bond donors (Lipinski definition) is 0. The van der Waals surface area contributed by atoms with E-state index in [0.29, 0.717) is 10.6 Å². The van der Waals surface area contributed by atoms with Crippen LogP contribution in [0.25, 0.3) is 11.1 Å². The molecule has 0 aliphatic rings. The molecule has 0 radical (unpaired) electrons. The largest absolute Gasteiger partial charge is 0.298 e. The van der Waals surface area contributed by atoms with Gasteiger partial charge in [-0.15, -0.1) is 0 Å². The summed E-state index contributed by atoms with van der Waals surface area (Å²) in [6, 6.07) is 13.8. The third kappa shape index (κ3) is 2.56. The highest BCUT2D eigenvalue weighted by atomic mass is 35.5. The Kier molecular flexibility index (Phi) is 3.60. The van der Waals surface area contributed by atoms with Crippen molar-refractivity contribution in [1.82, 2.24) is 0 Å². The molecule has 0 fully saturated rings. The lowest BCUT2D eigenvalue weighted by molar-refractivity contribution is 0.112. The predicted octanol–water partition coefficient (Wildman–Crippen LogP) is 4.38. The zero-order valence-corrected chi connectivity index (χ0v) is 10.4. The number of rotatable bonds is 3. The highest BCUT2D eigenvalue weighted by Crippen LogP contribution is 2.25. The smallest absolute Gasteiger partial charge is 0.151 e. The average Bonchev–Trinajstić information content (AvgIpc) is 2.38. The van der Waals surface area contributed by atoms with Crippen molar-refractivity contribution in [3.63, 3.8) is 0 Å². The van der Waals surface area contributed by atoms with Gasteiger partial charge in [-0.1, -0.05) is 48.9 Å². The lowest BCUT2D eigenvalue weighted by atomic mass is 10.0. The fourth-order valence-electron chi connectivity index (χ4n) is 1.77. The van der Waals surface area contributed by atoms with Gasteiger partial charge in [0, 0.05) is 5.56 Å². The van der Waals surface area contributed by atoms with Crippen LogP contribution in [0.15, 0.2) is 42.5 Å². The van der Waals surface area contributed by atoms with Gasteiger partial charge in [0.1, 0.15) is 0 Å². The van der Waals surface area contributed by atoms with Crippen molar-refractivity contribution in [3.8, 4) is 11.1 Å². The summed E-state index contributed by atoms with van der Waals surface area (Å²) >= 11 is 6.02. The van der Waals surface area contributed by atoms with E-state index in [9.17, 15) is 4.79 Å². The van der Waals surface area contributed by atoms with Crippen LogP contribution < -0.4 is 0 Å². The van der Waals surface area contributed by atoms with Crippen molar-refractivity contribution in [2.24, 2.45) is 0 Å². The molecule has 0 aliphatic heterocycles. The molecule has 0 saturated heterocycles. The number of aldehydes is 1. The fourth-order valence-corrected chi connectivity index (χ4v) is 2.00. The van der Waals surface area contributed by atoms with Gasteiger partial charge in [0.05, 0.1) is 5.02 Å². The third-order valence-corrected chi connectivity index (χ3v) is 3.12. The number of aryl methyl sites for hydroxylation is 1. The minimum absolute atomic E-state index is 0.499. The SMILES string of the molecule is CCc1cccc(-c2ccc(C=O)c(Cl)c2)c1. The summed E-state index contributed by atoms with van der Waals surface area (Å²) in [7, 11) is 0. The Morgan fingerprint density at radius 3 is 2.53 bits per heavy atom. The molecule has 0 aliphatic carbocycles. The molecule has 0 unspecified atom stereocenters. The lowest BCUT2D eigenvalue weighted by Gasteiger charge is -2.05. The monoisotopic (exact) mass is 244 g/mol. The molecule has 2 rings (SSSR count). The molecule has 1 nitrogen and oxygen atoms in total. The van der Waals surface area contributed by atoms with E-state index in [-0.39, 0.29) is 0 Å². The van der Waals surface area contributed by atoms with E-state index >= 15 is 0 Å². The molecule has 0 aromatic heterocycles. The van der Waals surface area contributed by atoms with Gasteiger partial charge in [0.2, 0.25) is 0 Å². The minimum Gasteiger partial charge on any atom is -0.298 e. The fraction of sp³-hybridized carbons (Fsp3) is 0.133. The first-order valence-corrected chi connectivity index (χ1v) is 5.96. The average molecular weight is 245 g/mol. The number of carbonyl (C=O) groups is 1. The Bertz CT molecular complexity index is 546. The van der Waals surface area contributed by atoms with Crippen molar-refractivity contribution < 1.29 is 4.79 Å². The van der Waals surface area contributed by atoms with Crippen LogP contribution in [0.4, 0.5) is 0 Å². The highest BCUT2D eigenvalue weighted by Gasteiger charge is 2.03. The predicted molar refractivity (Wildman–Crippen MR) is 71.7 cm³/mol. The molecule has 86 valence electrons. The maximum atomic E-state index is 10.7. The molecule has 0 saturated carbocycles. The number of carbonyl (C=O) groups excluding carboxylic acids is 1. The number of hydrogen-bond acceptors (Lipinski definition) is 1. The Hall–Kier alpha value is -1.60. The lowest BCUT2D eigenvalue weighted by Crippen LogP contribution is -1.86. The first kappa shape index (κ1) is 11.9. The Labute approximate surface area is 106 Å². The summed E-state index contributed by atoms with van der Waals surface area (Å²) in [4.78, 5) is 10.7. The van der Waals surface area contributed by atoms with Gasteiger partial charge in [-0.2, -0.15) is 0 Å². The Morgan fingerprint density at radius 2 is 1.88 bits per heavy atom. The van der Waals surface area contributed by atoms with Crippen molar-refractivity contribution in [2.75, 3.05) is 0 Å². The maximum Gasteiger partial charge on any atom is 0.151 e. The van der Waals surface area contributed by atoms with Crippen LogP contribution in [-0.4, -0.2) is 6.29 Å². The van der Waals surface area contributed by atoms with E-state index in [1.807, 2.05) is 24.3 Å². The Morgan fingerprint density at radius 1 is 1.12 bits per heavy atom. The standard InChI is InChI=1S/C15H13ClO/c1-2-11-4-3-5-12(8-11)13-6-7-14(10-17)15(16)9-13/h3-10H,2H2,1H3. The highest BCUT2D eigenvalue weighted by molar-refractivity contribution is 6.33. The van der Waals surface area contributed by atoms with Gasteiger partial charge >= 0.3 is 0 Å². The topological polar surface area (TPSA) is 17.1 Å². The molecule has 2 heteroatoms. The maximum absolute atomic E-state index is 10.7. The van der Waals surface area contributed by atoms with Crippen molar-refractivity contribution >= 4 is 17.9 Å². The molecule has 0 spiro atoms. The van der Waals surface area contributed by atoms with Crippen LogP contribution in [0.2, 0.25) is 5.02 Å². The molecule has 0 amide bonds. The van der Waals surface area contributed by atoms with E-state index in [4.69, 9.17) is 11.6 Å². The quantitative estimate of drug-likeness (QED) is 0.733. The molecular weight excluding hydrogens is 232 g/mol. The molecule has 0 N–H and O–H groups in total. The summed E-state index contributed by atoms with van der Waals surface area (Å²) in [5.74, 6) is 0. The first-order chi connectivity index (χ1) is 8.24. The van der Waals surface area contributed by atoms with Gasteiger partial charge in [-0.3, -0.25) is 4.79 Å². The van der Waals surface area contributed by atoms with E-state index in [0.717, 1.165) is 23.8 Å². The van der Waals surface area contributed by atoms with Crippen LogP contribution in [0.3, 0.4) is 0 Å². The van der Waals surface area contributed by atoms with E-state index < -0.39 is 0 Å². The summed E-state index contributed by atoms with van der Waals surface area (Å²) < 4.78 is 0. The summed E-state index contributed by atoms with van der Waals surface area (Å²) in [5, 5.41) is 0.499. The minimum atomic E-state index is 0.499. The second-order valence-corrected chi connectivity index (χ2v) is 4.32. The molecule has 2 aromatic carbocycles. The van der Waals surface area contributed by atoms with Crippen LogP contribution in [-0.2, 0) is 6.42 Å². The summed E-state index contributed by atoms with van der Waals surface area (Å²) in [6.45, 7) is 2.13. The van der Waals surface area contributed by atoms with Gasteiger partial charge in [-0.25, -0.2) is 0 Å². The second kappa shape index (κ2) is 5.15. The first-order valence-electron chi connectivity index (χ1n) is 5.58. The third-order valence-electron chi connectivity index (χ3n) is 2.80. The van der Waals surface area contributed by atoms with Crippen LogP contribution in [0, 0.1) is 0 Å². The molecule has 0 heterocycles. The van der Waals surface area contributed by atoms with Crippen LogP contribution in [0.5, 0.6) is 0 Å². The van der Waals surface area contributed by atoms with Gasteiger partial charge in [0.25, 0.3) is 0 Å². The Balaban J connectivity index is 2.45. The van der Waals surface area contributed by atoms with Gasteiger partial charge < -0.3 is 0 Å². The molecule has 0 bridgehead atoms. The zero-order valence-electron chi connectivity index (χ0n) is 9.61. The van der Waals surface area contributed by atoms with Crippen molar-refractivity contribution in [2.45, 2.75) is 13.3 Å². The van der Waals surface area contributed by atoms with Crippen LogP contribution >= 0.6 is 11.6 Å². The molecule has 2 aromatic rings. The summed E-state index contributed by atoms with van der Waals surface area (Å²) in [5.41, 5.74) is 3.99. The molecule has 0 atom stereocenters. The summed E-state index contributed by atoms with van der Waals surface area (Å²) in [6.07, 6.45) is 1.78. The number of halogens is 1. The van der Waals surface area contributed by atoms with Crippen molar-refractivity contribution in [3.05, 3.63) is 58.6 Å². The van der Waals surface area contributed by atoms with Gasteiger partial charge in [-0.05, 0) is 35.2 Å². The number of benzene rings is 2. The zero-order chi connectivity index (χ0) is 12.3. The second-order valence-electron chi connectivity index (χ2n) is 3.91. The normalized spacial score (nSPS) is 10.2. The van der Waals surface area contributed by atoms with E-state index in [1.165, 1.54) is 5.56 Å². The van der Waals surface area contributed by atoms with Crippen molar-refractivity contribution in [1.29, 1.82) is 0 Å². The van der Waals surface area contributed by atoms with E-state index in [1.54, 1.807) is 6.07 Å². The van der Waals surface area contributed by atoms with Crippen LogP contribution in [0.1, 0.15) is 22.8 Å².